The molecule has 1 heterocycles. The molecule has 3 atom stereocenters. The van der Waals surface area contributed by atoms with Crippen LogP contribution in [0.1, 0.15) is 31.7 Å². The van der Waals surface area contributed by atoms with Gasteiger partial charge < -0.3 is 34.4 Å². The van der Waals surface area contributed by atoms with Gasteiger partial charge in [0.2, 0.25) is 11.7 Å². The summed E-state index contributed by atoms with van der Waals surface area (Å²) < 4.78 is 21.6. The van der Waals surface area contributed by atoms with Crippen molar-refractivity contribution in [3.05, 3.63) is 58.7 Å². The molecule has 2 aromatic rings. The molecule has 226 valence electrons. The lowest BCUT2D eigenvalue weighted by molar-refractivity contribution is -0.148. The van der Waals surface area contributed by atoms with E-state index < -0.39 is 36.3 Å². The van der Waals surface area contributed by atoms with Crippen molar-refractivity contribution in [1.29, 1.82) is 0 Å². The molecule has 0 fully saturated rings. The normalized spacial score (nSPS) is 16.7. The Hall–Kier alpha value is -4.72. The molecule has 4 N–H and O–H groups in total. The summed E-state index contributed by atoms with van der Waals surface area (Å²) in [4.78, 5) is 63.4. The minimum Gasteiger partial charge on any atom is -0.497 e. The highest BCUT2D eigenvalue weighted by atomic mass is 16.7. The van der Waals surface area contributed by atoms with Crippen LogP contribution in [-0.4, -0.2) is 69.0 Å². The Balaban J connectivity index is 1.47. The molecule has 0 aliphatic carbocycles. The molecule has 0 aromatic heterocycles. The molecule has 2 aromatic carbocycles. The molecule has 0 saturated carbocycles. The van der Waals surface area contributed by atoms with Crippen LogP contribution in [0.3, 0.4) is 0 Å². The van der Waals surface area contributed by atoms with Gasteiger partial charge in [-0.25, -0.2) is 9.59 Å². The standard InChI is InChI=1S/C28H34N4O10/c1-17(33)32-22-8-9-24(27(35)42-29)40-26(22)23(10-12-31-37)41-28(36)30-11-3-13-39-25(34)15-18-4-5-20-16-21(38-2)7-6-19(20)14-18/h4-7,9,14,16,22-23,26H,3,8,10-13,15,29H2,1-2H3,(H,30,36)(H,32,33)/t22-,23-,26?/m1/s1. The fourth-order valence-electron chi connectivity index (χ4n) is 4.40. The zero-order chi connectivity index (χ0) is 30.5. The zero-order valence-corrected chi connectivity index (χ0v) is 23.3. The number of rotatable bonds is 14. The fraction of sp³-hybridized carbons (Fsp3) is 0.429. The van der Waals surface area contributed by atoms with Crippen molar-refractivity contribution in [2.75, 3.05) is 26.8 Å². The highest BCUT2D eigenvalue weighted by Crippen LogP contribution is 2.25. The molecule has 14 nitrogen and oxygen atoms in total. The number of hydrogen-bond donors (Lipinski definition) is 3. The van der Waals surface area contributed by atoms with Crippen molar-refractivity contribution >= 4 is 34.7 Å². The highest BCUT2D eigenvalue weighted by Gasteiger charge is 2.39. The second-order valence-electron chi connectivity index (χ2n) is 9.41. The number of nitrogens with zero attached hydrogens (tertiary/aromatic N) is 1. The lowest BCUT2D eigenvalue weighted by atomic mass is 9.97. The van der Waals surface area contributed by atoms with Crippen molar-refractivity contribution in [3.8, 4) is 5.75 Å². The molecule has 1 unspecified atom stereocenters. The Morgan fingerprint density at radius 2 is 1.90 bits per heavy atom. The van der Waals surface area contributed by atoms with Crippen LogP contribution in [-0.2, 0) is 39.9 Å². The molecule has 0 radical (unpaired) electrons. The summed E-state index contributed by atoms with van der Waals surface area (Å²) in [6.45, 7) is 1.26. The van der Waals surface area contributed by atoms with Gasteiger partial charge in [-0.3, -0.25) is 9.59 Å². The second kappa shape index (κ2) is 15.9. The summed E-state index contributed by atoms with van der Waals surface area (Å²) in [7, 11) is 1.60. The number of methoxy groups -OCH3 is 1. The number of benzene rings is 2. The maximum absolute atomic E-state index is 12.5. The summed E-state index contributed by atoms with van der Waals surface area (Å²) in [5.41, 5.74) is 0.801. The number of fused-ring (bicyclic) bond motifs is 1. The molecular formula is C28H34N4O10. The lowest BCUT2D eigenvalue weighted by Crippen LogP contribution is -2.53. The van der Waals surface area contributed by atoms with E-state index in [9.17, 15) is 24.1 Å². The van der Waals surface area contributed by atoms with Crippen molar-refractivity contribution in [1.82, 2.24) is 10.6 Å². The number of carbonyl (C=O) groups excluding carboxylic acids is 4. The lowest BCUT2D eigenvalue weighted by Gasteiger charge is -2.36. The van der Waals surface area contributed by atoms with Crippen LogP contribution in [0, 0.1) is 4.91 Å². The van der Waals surface area contributed by atoms with Crippen LogP contribution in [0.15, 0.2) is 53.4 Å². The van der Waals surface area contributed by atoms with Gasteiger partial charge >= 0.3 is 18.0 Å². The quantitative estimate of drug-likeness (QED) is 0.127. The van der Waals surface area contributed by atoms with E-state index in [0.29, 0.717) is 6.42 Å². The van der Waals surface area contributed by atoms with Gasteiger partial charge in [0.1, 0.15) is 11.9 Å². The first kappa shape index (κ1) is 31.8. The number of esters is 1. The minimum absolute atomic E-state index is 0.0391. The summed E-state index contributed by atoms with van der Waals surface area (Å²) in [6, 6.07) is 10.7. The van der Waals surface area contributed by atoms with Crippen LogP contribution in [0.5, 0.6) is 5.75 Å². The Labute approximate surface area is 241 Å². The Morgan fingerprint density at radius 3 is 2.62 bits per heavy atom. The van der Waals surface area contributed by atoms with Crippen LogP contribution >= 0.6 is 0 Å². The van der Waals surface area contributed by atoms with Crippen molar-refractivity contribution in [2.24, 2.45) is 11.1 Å². The maximum atomic E-state index is 12.5. The Morgan fingerprint density at radius 1 is 1.14 bits per heavy atom. The van der Waals surface area contributed by atoms with Crippen LogP contribution in [0.4, 0.5) is 4.79 Å². The third-order valence-electron chi connectivity index (χ3n) is 6.36. The number of nitrogens with one attached hydrogen (secondary N) is 2. The average molecular weight is 587 g/mol. The molecule has 0 bridgehead atoms. The van der Waals surface area contributed by atoms with Gasteiger partial charge in [-0.2, -0.15) is 10.8 Å². The maximum Gasteiger partial charge on any atom is 0.407 e. The largest absolute Gasteiger partial charge is 0.497 e. The van der Waals surface area contributed by atoms with Gasteiger partial charge in [-0.15, -0.1) is 0 Å². The number of amides is 2. The Bertz CT molecular complexity index is 1310. The predicted molar refractivity (Wildman–Crippen MR) is 149 cm³/mol. The van der Waals surface area contributed by atoms with E-state index in [2.05, 4.69) is 20.6 Å². The van der Waals surface area contributed by atoms with E-state index in [1.54, 1.807) is 7.11 Å². The predicted octanol–water partition coefficient (Wildman–Crippen LogP) is 2.17. The third-order valence-corrected chi connectivity index (χ3v) is 6.36. The number of ether oxygens (including phenoxy) is 4. The summed E-state index contributed by atoms with van der Waals surface area (Å²) in [5, 5.41) is 9.98. The molecule has 2 amide bonds. The van der Waals surface area contributed by atoms with E-state index in [0.717, 1.165) is 22.1 Å². The molecule has 42 heavy (non-hydrogen) atoms. The van der Waals surface area contributed by atoms with E-state index in [1.165, 1.54) is 13.0 Å². The van der Waals surface area contributed by atoms with E-state index in [-0.39, 0.29) is 50.6 Å². The molecule has 0 spiro atoms. The van der Waals surface area contributed by atoms with E-state index in [4.69, 9.17) is 24.8 Å². The molecule has 0 saturated heterocycles. The SMILES string of the molecule is COc1ccc2cc(CC(=O)OCCCNC(=O)O[C@H](CCN=O)C3OC(C(=O)ON)=CC[C@H]3NC(C)=O)ccc2c1. The molecule has 14 heteroatoms. The van der Waals surface area contributed by atoms with Crippen LogP contribution in [0.25, 0.3) is 10.8 Å². The molecule has 1 aliphatic rings. The van der Waals surface area contributed by atoms with Crippen LogP contribution in [0.2, 0.25) is 0 Å². The smallest absolute Gasteiger partial charge is 0.407 e. The van der Waals surface area contributed by atoms with Gasteiger partial charge in [0.25, 0.3) is 0 Å². The van der Waals surface area contributed by atoms with Crippen molar-refractivity contribution in [2.45, 2.75) is 50.9 Å². The minimum atomic E-state index is -1.06. The average Bonchev–Trinajstić information content (AvgIpc) is 2.98. The highest BCUT2D eigenvalue weighted by molar-refractivity contribution is 5.86. The number of alkyl carbamates (subject to hydrolysis) is 1. The Kier molecular flexibility index (Phi) is 12.0. The second-order valence-corrected chi connectivity index (χ2v) is 9.41. The third kappa shape index (κ3) is 9.44. The first-order chi connectivity index (χ1) is 20.2. The van der Waals surface area contributed by atoms with Gasteiger partial charge in [-0.1, -0.05) is 29.4 Å². The number of nitroso groups, excluding NO2 is 1. The number of carbonyl (C=O) groups is 4. The van der Waals surface area contributed by atoms with E-state index >= 15 is 0 Å². The van der Waals surface area contributed by atoms with Crippen LogP contribution < -0.4 is 21.3 Å². The topological polar surface area (TPSA) is 194 Å². The van der Waals surface area contributed by atoms with E-state index in [1.807, 2.05) is 36.4 Å². The first-order valence-electron chi connectivity index (χ1n) is 13.2. The van der Waals surface area contributed by atoms with Crippen molar-refractivity contribution in [3.63, 3.8) is 0 Å². The molecule has 1 aliphatic heterocycles. The zero-order valence-electron chi connectivity index (χ0n) is 23.3. The van der Waals surface area contributed by atoms with Gasteiger partial charge in [0.15, 0.2) is 6.10 Å². The fourth-order valence-corrected chi connectivity index (χ4v) is 4.40. The summed E-state index contributed by atoms with van der Waals surface area (Å²) in [6.07, 6.45) is -1.02. The first-order valence-corrected chi connectivity index (χ1v) is 13.2. The number of hydrogen-bond acceptors (Lipinski definition) is 12. The summed E-state index contributed by atoms with van der Waals surface area (Å²) in [5.74, 6) is 3.73. The van der Waals surface area contributed by atoms with Gasteiger partial charge in [0, 0.05) is 19.9 Å². The monoisotopic (exact) mass is 586 g/mol. The van der Waals surface area contributed by atoms with Crippen molar-refractivity contribution < 1.29 is 43.0 Å². The molecule has 3 rings (SSSR count). The number of nitrogens with two attached hydrogens (primary N) is 1. The molecular weight excluding hydrogens is 552 g/mol. The van der Waals surface area contributed by atoms with Gasteiger partial charge in [-0.05, 0) is 47.4 Å². The van der Waals surface area contributed by atoms with Gasteiger partial charge in [0.05, 0.1) is 32.7 Å². The summed E-state index contributed by atoms with van der Waals surface area (Å²) >= 11 is 0.